The predicted molar refractivity (Wildman–Crippen MR) is 137 cm³/mol. The molecule has 182 valence electrons. The number of methoxy groups -OCH3 is 1. The van der Waals surface area contributed by atoms with Crippen molar-refractivity contribution in [2.45, 2.75) is 13.8 Å². The number of carbonyl (C=O) groups excluding carboxylic acids is 4. The number of anilines is 3. The Hall–Kier alpha value is -4.43. The maximum absolute atomic E-state index is 13.0. The predicted octanol–water partition coefficient (Wildman–Crippen LogP) is 4.78. The average molecular weight is 504 g/mol. The lowest BCUT2D eigenvalue weighted by molar-refractivity contribution is -0.120. The van der Waals surface area contributed by atoms with Crippen LogP contribution >= 0.6 is 11.6 Å². The van der Waals surface area contributed by atoms with Gasteiger partial charge in [0.25, 0.3) is 17.7 Å². The number of nitrogens with one attached hydrogen (secondary N) is 2. The van der Waals surface area contributed by atoms with Crippen molar-refractivity contribution in [3.63, 3.8) is 0 Å². The Labute approximate surface area is 212 Å². The lowest BCUT2D eigenvalue weighted by Crippen LogP contribution is -2.32. The van der Waals surface area contributed by atoms with Crippen LogP contribution in [0.1, 0.15) is 31.8 Å². The molecule has 1 heterocycles. The molecule has 0 fully saturated rings. The maximum Gasteiger partial charge on any atom is 0.337 e. The van der Waals surface area contributed by atoms with Gasteiger partial charge in [0.15, 0.2) is 0 Å². The van der Waals surface area contributed by atoms with E-state index in [0.717, 1.165) is 16.0 Å². The van der Waals surface area contributed by atoms with Crippen molar-refractivity contribution in [3.8, 4) is 0 Å². The molecule has 0 saturated carbocycles. The van der Waals surface area contributed by atoms with E-state index in [1.54, 1.807) is 24.3 Å². The van der Waals surface area contributed by atoms with Crippen LogP contribution in [0.25, 0.3) is 0 Å². The third-order valence-electron chi connectivity index (χ3n) is 5.47. The van der Waals surface area contributed by atoms with Gasteiger partial charge in [-0.3, -0.25) is 14.4 Å². The number of esters is 1. The molecule has 3 amide bonds. The lowest BCUT2D eigenvalue weighted by Gasteiger charge is -2.15. The number of imide groups is 1. The smallest absolute Gasteiger partial charge is 0.337 e. The van der Waals surface area contributed by atoms with E-state index in [0.29, 0.717) is 16.9 Å². The molecule has 2 N–H and O–H groups in total. The zero-order valence-electron chi connectivity index (χ0n) is 19.7. The SMILES string of the molecule is COC(=O)c1ccc(N2C(=O)C(Cl)=C(Nc3ccc(C(=O)Nc4cc(C)cc(C)c4)cc3)C2=O)cc1. The summed E-state index contributed by atoms with van der Waals surface area (Å²) in [4.78, 5) is 50.8. The van der Waals surface area contributed by atoms with E-state index in [4.69, 9.17) is 11.6 Å². The van der Waals surface area contributed by atoms with Crippen LogP contribution in [0.5, 0.6) is 0 Å². The number of aryl methyl sites for hydroxylation is 2. The van der Waals surface area contributed by atoms with Crippen LogP contribution in [-0.4, -0.2) is 30.8 Å². The Morgan fingerprint density at radius 1 is 0.806 bits per heavy atom. The summed E-state index contributed by atoms with van der Waals surface area (Å²) in [5.41, 5.74) is 4.11. The molecule has 0 aromatic heterocycles. The monoisotopic (exact) mass is 503 g/mol. The van der Waals surface area contributed by atoms with Crippen molar-refractivity contribution in [1.82, 2.24) is 0 Å². The van der Waals surface area contributed by atoms with Crippen LogP contribution in [0.2, 0.25) is 0 Å². The Balaban J connectivity index is 1.47. The van der Waals surface area contributed by atoms with Gasteiger partial charge in [-0.1, -0.05) is 17.7 Å². The van der Waals surface area contributed by atoms with Gasteiger partial charge in [-0.2, -0.15) is 0 Å². The summed E-state index contributed by atoms with van der Waals surface area (Å²) in [7, 11) is 1.26. The minimum absolute atomic E-state index is 0.0915. The van der Waals surface area contributed by atoms with Crippen LogP contribution in [-0.2, 0) is 14.3 Å². The highest BCUT2D eigenvalue weighted by Gasteiger charge is 2.39. The number of benzene rings is 3. The van der Waals surface area contributed by atoms with Gasteiger partial charge in [0.1, 0.15) is 10.7 Å². The maximum atomic E-state index is 13.0. The van der Waals surface area contributed by atoms with Gasteiger partial charge in [0.2, 0.25) is 0 Å². The highest BCUT2D eigenvalue weighted by atomic mass is 35.5. The average Bonchev–Trinajstić information content (AvgIpc) is 3.06. The van der Waals surface area contributed by atoms with Gasteiger partial charge in [-0.15, -0.1) is 0 Å². The number of amides is 3. The number of rotatable bonds is 6. The summed E-state index contributed by atoms with van der Waals surface area (Å²) < 4.78 is 4.66. The standard InChI is InChI=1S/C27H22ClN3O5/c1-15-12-16(2)14-20(13-15)30-24(32)17-4-8-19(9-5-17)29-23-22(28)25(33)31(26(23)34)21-10-6-18(7-11-21)27(35)36-3/h4-14,29H,1-3H3,(H,30,32). The summed E-state index contributed by atoms with van der Waals surface area (Å²) in [6.45, 7) is 3.91. The molecule has 9 heteroatoms. The topological polar surface area (TPSA) is 105 Å². The van der Waals surface area contributed by atoms with Crippen molar-refractivity contribution in [2.24, 2.45) is 0 Å². The quantitative estimate of drug-likeness (QED) is 0.370. The first-order chi connectivity index (χ1) is 17.2. The molecule has 0 unspecified atom stereocenters. The highest BCUT2D eigenvalue weighted by molar-refractivity contribution is 6.53. The molecule has 36 heavy (non-hydrogen) atoms. The van der Waals surface area contributed by atoms with Crippen molar-refractivity contribution in [1.29, 1.82) is 0 Å². The molecular weight excluding hydrogens is 482 g/mol. The first-order valence-electron chi connectivity index (χ1n) is 10.9. The number of nitrogens with zero attached hydrogens (tertiary/aromatic N) is 1. The van der Waals surface area contributed by atoms with Gasteiger partial charge in [0, 0.05) is 16.9 Å². The van der Waals surface area contributed by atoms with Crippen LogP contribution in [0, 0.1) is 13.8 Å². The zero-order chi connectivity index (χ0) is 26.0. The second kappa shape index (κ2) is 10.1. The van der Waals surface area contributed by atoms with Gasteiger partial charge < -0.3 is 15.4 Å². The number of hydrogen-bond donors (Lipinski definition) is 2. The molecule has 0 saturated heterocycles. The molecule has 1 aliphatic heterocycles. The molecule has 1 aliphatic rings. The fourth-order valence-electron chi connectivity index (χ4n) is 3.81. The van der Waals surface area contributed by atoms with E-state index in [1.807, 2.05) is 32.0 Å². The fraction of sp³-hybridized carbons (Fsp3) is 0.111. The summed E-state index contributed by atoms with van der Waals surface area (Å²) >= 11 is 6.19. The van der Waals surface area contributed by atoms with Crippen LogP contribution < -0.4 is 15.5 Å². The molecule has 0 spiro atoms. The first kappa shape index (κ1) is 24.7. The van der Waals surface area contributed by atoms with Crippen molar-refractivity contribution < 1.29 is 23.9 Å². The molecule has 0 radical (unpaired) electrons. The van der Waals surface area contributed by atoms with Crippen molar-refractivity contribution in [2.75, 3.05) is 22.6 Å². The van der Waals surface area contributed by atoms with E-state index >= 15 is 0 Å². The van der Waals surface area contributed by atoms with Crippen LogP contribution in [0.4, 0.5) is 17.1 Å². The normalized spacial score (nSPS) is 13.2. The number of carbonyl (C=O) groups is 4. The van der Waals surface area contributed by atoms with Crippen molar-refractivity contribution >= 4 is 52.4 Å². The lowest BCUT2D eigenvalue weighted by atomic mass is 10.1. The minimum Gasteiger partial charge on any atom is -0.465 e. The second-order valence-corrected chi connectivity index (χ2v) is 8.58. The number of halogens is 1. The van der Waals surface area contributed by atoms with E-state index in [2.05, 4.69) is 15.4 Å². The van der Waals surface area contributed by atoms with E-state index in [9.17, 15) is 19.2 Å². The zero-order valence-corrected chi connectivity index (χ0v) is 20.5. The third kappa shape index (κ3) is 4.99. The minimum atomic E-state index is -0.695. The largest absolute Gasteiger partial charge is 0.465 e. The molecule has 8 nitrogen and oxygen atoms in total. The molecule has 3 aromatic rings. The van der Waals surface area contributed by atoms with Crippen molar-refractivity contribution in [3.05, 3.63) is 99.7 Å². The first-order valence-corrected chi connectivity index (χ1v) is 11.3. The van der Waals surface area contributed by atoms with Gasteiger partial charge in [-0.25, -0.2) is 9.69 Å². The Morgan fingerprint density at radius 3 is 1.97 bits per heavy atom. The highest BCUT2D eigenvalue weighted by Crippen LogP contribution is 2.30. The number of ether oxygens (including phenoxy) is 1. The molecule has 0 bridgehead atoms. The van der Waals surface area contributed by atoms with E-state index in [1.165, 1.54) is 31.4 Å². The fourth-order valence-corrected chi connectivity index (χ4v) is 4.02. The van der Waals surface area contributed by atoms with Crippen LogP contribution in [0.15, 0.2) is 77.5 Å². The summed E-state index contributed by atoms with van der Waals surface area (Å²) in [5.74, 6) is -2.16. The van der Waals surface area contributed by atoms with E-state index in [-0.39, 0.29) is 27.9 Å². The Kier molecular flexibility index (Phi) is 6.89. The third-order valence-corrected chi connectivity index (χ3v) is 5.82. The van der Waals surface area contributed by atoms with E-state index < -0.39 is 17.8 Å². The second-order valence-electron chi connectivity index (χ2n) is 8.21. The molecule has 4 rings (SSSR count). The summed E-state index contributed by atoms with van der Waals surface area (Å²) in [6, 6.07) is 18.0. The number of hydrogen-bond acceptors (Lipinski definition) is 6. The Morgan fingerprint density at radius 2 is 1.39 bits per heavy atom. The Bertz CT molecular complexity index is 1390. The van der Waals surface area contributed by atoms with Crippen LogP contribution in [0.3, 0.4) is 0 Å². The molecule has 0 aliphatic carbocycles. The molecular formula is C27H22ClN3O5. The van der Waals surface area contributed by atoms with Gasteiger partial charge >= 0.3 is 5.97 Å². The summed E-state index contributed by atoms with van der Waals surface area (Å²) in [6.07, 6.45) is 0. The van der Waals surface area contributed by atoms with Gasteiger partial charge in [-0.05, 0) is 85.6 Å². The summed E-state index contributed by atoms with van der Waals surface area (Å²) in [5, 5.41) is 5.47. The molecule has 0 atom stereocenters. The van der Waals surface area contributed by atoms with Gasteiger partial charge in [0.05, 0.1) is 18.4 Å². The molecule has 3 aromatic carbocycles.